The van der Waals surface area contributed by atoms with Crippen LogP contribution in [0, 0.1) is 13.8 Å². The first-order chi connectivity index (χ1) is 11.6. The zero-order valence-corrected chi connectivity index (χ0v) is 16.0. The van der Waals surface area contributed by atoms with Crippen molar-refractivity contribution in [3.8, 4) is 5.69 Å². The molecule has 0 atom stereocenters. The highest BCUT2D eigenvalue weighted by Crippen LogP contribution is 2.25. The van der Waals surface area contributed by atoms with Crippen molar-refractivity contribution < 1.29 is 4.79 Å². The zero-order valence-electron chi connectivity index (χ0n) is 13.6. The molecule has 0 spiro atoms. The summed E-state index contributed by atoms with van der Waals surface area (Å²) in [5.74, 6) is 0.620. The standard InChI is InChI=1S/C20H18BrNOS/c1-14-12-19(20(23)13-24-18-6-4-3-5-7-18)15(2)22(14)17-10-8-16(21)9-11-17/h3-12H,13H2,1-2H3. The van der Waals surface area contributed by atoms with Gasteiger partial charge in [-0.15, -0.1) is 11.8 Å². The molecule has 2 nitrogen and oxygen atoms in total. The molecule has 0 unspecified atom stereocenters. The summed E-state index contributed by atoms with van der Waals surface area (Å²) >= 11 is 5.04. The highest BCUT2D eigenvalue weighted by atomic mass is 79.9. The van der Waals surface area contributed by atoms with E-state index in [1.165, 1.54) is 0 Å². The number of benzene rings is 2. The molecule has 0 aliphatic heterocycles. The maximum Gasteiger partial charge on any atom is 0.174 e. The second-order valence-electron chi connectivity index (χ2n) is 5.62. The smallest absolute Gasteiger partial charge is 0.174 e. The summed E-state index contributed by atoms with van der Waals surface area (Å²) in [5, 5.41) is 0. The number of carbonyl (C=O) groups is 1. The molecule has 0 aliphatic rings. The van der Waals surface area contributed by atoms with Gasteiger partial charge in [0.25, 0.3) is 0 Å². The fourth-order valence-corrected chi connectivity index (χ4v) is 3.84. The van der Waals surface area contributed by atoms with Gasteiger partial charge < -0.3 is 4.57 Å². The van der Waals surface area contributed by atoms with Gasteiger partial charge in [-0.05, 0) is 56.3 Å². The minimum atomic E-state index is 0.167. The second-order valence-corrected chi connectivity index (χ2v) is 7.59. The number of ketones is 1. The average molecular weight is 400 g/mol. The maximum atomic E-state index is 12.6. The lowest BCUT2D eigenvalue weighted by Gasteiger charge is -2.10. The summed E-state index contributed by atoms with van der Waals surface area (Å²) in [6.45, 7) is 4.05. The monoisotopic (exact) mass is 399 g/mol. The number of rotatable bonds is 5. The fraction of sp³-hybridized carbons (Fsp3) is 0.150. The number of halogens is 1. The molecule has 0 aliphatic carbocycles. The van der Waals surface area contributed by atoms with Gasteiger partial charge in [-0.25, -0.2) is 0 Å². The average Bonchev–Trinajstić information content (AvgIpc) is 2.89. The van der Waals surface area contributed by atoms with Gasteiger partial charge in [0.05, 0.1) is 5.75 Å². The number of aromatic nitrogens is 1. The van der Waals surface area contributed by atoms with E-state index in [0.29, 0.717) is 5.75 Å². The van der Waals surface area contributed by atoms with Gasteiger partial charge in [-0.3, -0.25) is 4.79 Å². The SMILES string of the molecule is Cc1cc(C(=O)CSc2ccccc2)c(C)n1-c1ccc(Br)cc1. The third-order valence-corrected chi connectivity index (χ3v) is 5.47. The molecule has 2 aromatic carbocycles. The molecule has 0 saturated heterocycles. The first kappa shape index (κ1) is 17.1. The molecular weight excluding hydrogens is 382 g/mol. The van der Waals surface area contributed by atoms with E-state index in [9.17, 15) is 4.79 Å². The van der Waals surface area contributed by atoms with Crippen LogP contribution in [-0.2, 0) is 0 Å². The summed E-state index contributed by atoms with van der Waals surface area (Å²) in [7, 11) is 0. The second kappa shape index (κ2) is 7.41. The molecule has 0 fully saturated rings. The Labute approximate surface area is 155 Å². The normalized spacial score (nSPS) is 10.8. The third kappa shape index (κ3) is 3.65. The molecule has 0 radical (unpaired) electrons. The van der Waals surface area contributed by atoms with Crippen LogP contribution in [0.5, 0.6) is 0 Å². The van der Waals surface area contributed by atoms with Crippen LogP contribution in [-0.4, -0.2) is 16.1 Å². The lowest BCUT2D eigenvalue weighted by atomic mass is 10.2. The lowest BCUT2D eigenvalue weighted by molar-refractivity contribution is 0.102. The quantitative estimate of drug-likeness (QED) is 0.397. The summed E-state index contributed by atoms with van der Waals surface area (Å²) < 4.78 is 3.18. The van der Waals surface area contributed by atoms with Crippen LogP contribution in [0.15, 0.2) is 70.0 Å². The Kier molecular flexibility index (Phi) is 5.27. The molecule has 0 saturated carbocycles. The topological polar surface area (TPSA) is 22.0 Å². The van der Waals surface area contributed by atoms with Crippen LogP contribution >= 0.6 is 27.7 Å². The van der Waals surface area contributed by atoms with Gasteiger partial charge in [0.15, 0.2) is 5.78 Å². The Morgan fingerprint density at radius 2 is 1.71 bits per heavy atom. The van der Waals surface area contributed by atoms with Crippen molar-refractivity contribution in [1.82, 2.24) is 4.57 Å². The van der Waals surface area contributed by atoms with Crippen molar-refractivity contribution in [3.63, 3.8) is 0 Å². The van der Waals surface area contributed by atoms with E-state index < -0.39 is 0 Å². The Morgan fingerprint density at radius 3 is 2.38 bits per heavy atom. The molecule has 0 amide bonds. The van der Waals surface area contributed by atoms with Crippen molar-refractivity contribution in [1.29, 1.82) is 0 Å². The van der Waals surface area contributed by atoms with E-state index in [4.69, 9.17) is 0 Å². The maximum absolute atomic E-state index is 12.6. The number of hydrogen-bond donors (Lipinski definition) is 0. The van der Waals surface area contributed by atoms with Crippen LogP contribution in [0.4, 0.5) is 0 Å². The van der Waals surface area contributed by atoms with Crippen LogP contribution in [0.1, 0.15) is 21.7 Å². The molecule has 0 N–H and O–H groups in total. The minimum Gasteiger partial charge on any atom is -0.318 e. The molecule has 4 heteroatoms. The highest BCUT2D eigenvalue weighted by Gasteiger charge is 2.16. The molecule has 3 rings (SSSR count). The number of aryl methyl sites for hydroxylation is 1. The predicted octanol–water partition coefficient (Wildman–Crippen LogP) is 5.83. The fourth-order valence-electron chi connectivity index (χ4n) is 2.78. The summed E-state index contributed by atoms with van der Waals surface area (Å²) in [6, 6.07) is 20.2. The molecule has 1 aromatic heterocycles. The van der Waals surface area contributed by atoms with Gasteiger partial charge in [-0.2, -0.15) is 0 Å². The molecule has 1 heterocycles. The third-order valence-electron chi connectivity index (χ3n) is 3.93. The van der Waals surface area contributed by atoms with E-state index in [1.807, 2.05) is 62.4 Å². The lowest BCUT2D eigenvalue weighted by Crippen LogP contribution is -2.05. The first-order valence-corrected chi connectivity index (χ1v) is 9.50. The van der Waals surface area contributed by atoms with Gasteiger partial charge in [0.2, 0.25) is 0 Å². The summed E-state index contributed by atoms with van der Waals surface area (Å²) in [5.41, 5.74) is 3.94. The Balaban J connectivity index is 1.83. The van der Waals surface area contributed by atoms with Gasteiger partial charge in [-0.1, -0.05) is 34.1 Å². The molecule has 122 valence electrons. The van der Waals surface area contributed by atoms with Crippen molar-refractivity contribution in [2.24, 2.45) is 0 Å². The molecule has 3 aromatic rings. The first-order valence-electron chi connectivity index (χ1n) is 7.72. The minimum absolute atomic E-state index is 0.167. The van der Waals surface area contributed by atoms with E-state index in [1.54, 1.807) is 11.8 Å². The van der Waals surface area contributed by atoms with E-state index in [2.05, 4.69) is 32.6 Å². The van der Waals surface area contributed by atoms with E-state index in [-0.39, 0.29) is 5.78 Å². The van der Waals surface area contributed by atoms with Crippen molar-refractivity contribution in [2.75, 3.05) is 5.75 Å². The number of nitrogens with zero attached hydrogens (tertiary/aromatic N) is 1. The predicted molar refractivity (Wildman–Crippen MR) is 104 cm³/mol. The number of hydrogen-bond acceptors (Lipinski definition) is 2. The van der Waals surface area contributed by atoms with Crippen LogP contribution < -0.4 is 0 Å². The van der Waals surface area contributed by atoms with Crippen LogP contribution in [0.25, 0.3) is 5.69 Å². The number of Topliss-reactive ketones (excluding diaryl/α,β-unsaturated/α-hetero) is 1. The van der Waals surface area contributed by atoms with E-state index >= 15 is 0 Å². The molecular formula is C20H18BrNOS. The Hall–Kier alpha value is -1.78. The largest absolute Gasteiger partial charge is 0.318 e. The van der Waals surface area contributed by atoms with E-state index in [0.717, 1.165) is 32.0 Å². The Morgan fingerprint density at radius 1 is 1.04 bits per heavy atom. The molecule has 0 bridgehead atoms. The summed E-state index contributed by atoms with van der Waals surface area (Å²) in [6.07, 6.45) is 0. The van der Waals surface area contributed by atoms with Crippen LogP contribution in [0.3, 0.4) is 0 Å². The van der Waals surface area contributed by atoms with Gasteiger partial charge in [0.1, 0.15) is 0 Å². The van der Waals surface area contributed by atoms with Gasteiger partial charge in [0, 0.05) is 32.0 Å². The van der Waals surface area contributed by atoms with Crippen molar-refractivity contribution in [3.05, 3.63) is 82.1 Å². The number of thioether (sulfide) groups is 1. The molecule has 24 heavy (non-hydrogen) atoms. The van der Waals surface area contributed by atoms with Crippen molar-refractivity contribution >= 4 is 33.5 Å². The number of carbonyl (C=O) groups excluding carboxylic acids is 1. The zero-order chi connectivity index (χ0) is 17.1. The summed E-state index contributed by atoms with van der Waals surface area (Å²) in [4.78, 5) is 13.8. The van der Waals surface area contributed by atoms with Gasteiger partial charge >= 0.3 is 0 Å². The highest BCUT2D eigenvalue weighted by molar-refractivity contribution is 9.10. The van der Waals surface area contributed by atoms with Crippen molar-refractivity contribution in [2.45, 2.75) is 18.7 Å². The Bertz CT molecular complexity index is 853. The van der Waals surface area contributed by atoms with Crippen LogP contribution in [0.2, 0.25) is 0 Å².